The van der Waals surface area contributed by atoms with Gasteiger partial charge < -0.3 is 15.2 Å². The Bertz CT molecular complexity index is 769. The van der Waals surface area contributed by atoms with Crippen LogP contribution in [-0.2, 0) is 6.42 Å². The van der Waals surface area contributed by atoms with Crippen molar-refractivity contribution >= 4 is 41.5 Å². The molecule has 0 saturated heterocycles. The molecule has 0 bridgehead atoms. The van der Waals surface area contributed by atoms with Gasteiger partial charge in [0.05, 0.1) is 5.69 Å². The second-order valence-electron chi connectivity index (χ2n) is 7.92. The molecule has 1 aromatic heterocycles. The highest BCUT2D eigenvalue weighted by atomic mass is 127. The van der Waals surface area contributed by atoms with Gasteiger partial charge in [0.15, 0.2) is 5.96 Å². The van der Waals surface area contributed by atoms with E-state index in [-0.39, 0.29) is 35.3 Å². The number of rotatable bonds is 7. The summed E-state index contributed by atoms with van der Waals surface area (Å²) < 4.78 is 5.27. The maximum atomic E-state index is 6.10. The third-order valence-corrected chi connectivity index (χ3v) is 4.92. The minimum absolute atomic E-state index is 0. The monoisotopic (exact) mass is 518 g/mol. The van der Waals surface area contributed by atoms with Crippen LogP contribution in [0.2, 0.25) is 5.02 Å². The second-order valence-corrected chi connectivity index (χ2v) is 8.35. The van der Waals surface area contributed by atoms with Crippen LogP contribution in [0.1, 0.15) is 49.3 Å². The number of benzene rings is 1. The summed E-state index contributed by atoms with van der Waals surface area (Å²) in [5.74, 6) is 1.97. The van der Waals surface area contributed by atoms with Gasteiger partial charge >= 0.3 is 0 Å². The molecule has 0 aliphatic carbocycles. The van der Waals surface area contributed by atoms with E-state index in [1.807, 2.05) is 32.0 Å². The Morgan fingerprint density at radius 3 is 2.57 bits per heavy atom. The van der Waals surface area contributed by atoms with Crippen LogP contribution in [0.3, 0.4) is 0 Å². The SMILES string of the molecule is CN=C(NCC(C)c1c(C)noc1C)NCC(C)(C)Cc1cccc(Cl)c1.I. The lowest BCUT2D eigenvalue weighted by Crippen LogP contribution is -2.43. The summed E-state index contributed by atoms with van der Waals surface area (Å²) in [6.45, 7) is 12.1. The second kappa shape index (κ2) is 11.0. The number of aliphatic imine (C=N–C) groups is 1. The fourth-order valence-corrected chi connectivity index (χ4v) is 3.56. The van der Waals surface area contributed by atoms with E-state index >= 15 is 0 Å². The lowest BCUT2D eigenvalue weighted by Gasteiger charge is -2.26. The predicted molar refractivity (Wildman–Crippen MR) is 128 cm³/mol. The van der Waals surface area contributed by atoms with Gasteiger partial charge in [0.25, 0.3) is 0 Å². The molecule has 2 rings (SSSR count). The molecule has 0 fully saturated rings. The van der Waals surface area contributed by atoms with Crippen LogP contribution in [0.4, 0.5) is 0 Å². The van der Waals surface area contributed by atoms with Crippen LogP contribution >= 0.6 is 35.6 Å². The number of halogens is 2. The van der Waals surface area contributed by atoms with Crippen LogP contribution in [0.5, 0.6) is 0 Å². The Morgan fingerprint density at radius 1 is 1.29 bits per heavy atom. The molecule has 0 aliphatic rings. The van der Waals surface area contributed by atoms with E-state index < -0.39 is 0 Å². The number of hydrogen-bond donors (Lipinski definition) is 2. The van der Waals surface area contributed by atoms with Crippen molar-refractivity contribution in [1.29, 1.82) is 0 Å². The summed E-state index contributed by atoms with van der Waals surface area (Å²) >= 11 is 6.10. The van der Waals surface area contributed by atoms with E-state index in [9.17, 15) is 0 Å². The zero-order chi connectivity index (χ0) is 20.0. The average molecular weight is 519 g/mol. The van der Waals surface area contributed by atoms with Crippen molar-refractivity contribution in [3.8, 4) is 0 Å². The lowest BCUT2D eigenvalue weighted by atomic mass is 9.86. The smallest absolute Gasteiger partial charge is 0.191 e. The Balaban J connectivity index is 0.00000392. The molecule has 1 unspecified atom stereocenters. The zero-order valence-corrected chi connectivity index (χ0v) is 20.7. The first-order valence-electron chi connectivity index (χ1n) is 9.33. The maximum Gasteiger partial charge on any atom is 0.191 e. The largest absolute Gasteiger partial charge is 0.361 e. The van der Waals surface area contributed by atoms with E-state index in [1.165, 1.54) is 11.1 Å². The summed E-state index contributed by atoms with van der Waals surface area (Å²) in [7, 11) is 1.79. The molecular formula is C21H32ClIN4O. The fraction of sp³-hybridized carbons (Fsp3) is 0.524. The van der Waals surface area contributed by atoms with E-state index in [0.717, 1.165) is 41.9 Å². The van der Waals surface area contributed by atoms with Crippen LogP contribution in [0.25, 0.3) is 0 Å². The van der Waals surface area contributed by atoms with Crippen LogP contribution in [0.15, 0.2) is 33.8 Å². The maximum absolute atomic E-state index is 6.10. The van der Waals surface area contributed by atoms with E-state index in [0.29, 0.717) is 0 Å². The van der Waals surface area contributed by atoms with Gasteiger partial charge in [-0.25, -0.2) is 0 Å². The molecule has 0 aliphatic heterocycles. The van der Waals surface area contributed by atoms with Gasteiger partial charge in [-0.15, -0.1) is 24.0 Å². The van der Waals surface area contributed by atoms with Gasteiger partial charge in [-0.2, -0.15) is 0 Å². The van der Waals surface area contributed by atoms with E-state index in [4.69, 9.17) is 16.1 Å². The Kier molecular flexibility index (Phi) is 9.77. The van der Waals surface area contributed by atoms with E-state index in [2.05, 4.69) is 47.6 Å². The summed E-state index contributed by atoms with van der Waals surface area (Å²) in [5.41, 5.74) is 3.42. The van der Waals surface area contributed by atoms with Crippen molar-refractivity contribution in [3.05, 3.63) is 51.9 Å². The van der Waals surface area contributed by atoms with Crippen molar-refractivity contribution in [3.63, 3.8) is 0 Å². The van der Waals surface area contributed by atoms with Crippen molar-refractivity contribution < 1.29 is 4.52 Å². The zero-order valence-electron chi connectivity index (χ0n) is 17.6. The fourth-order valence-electron chi connectivity index (χ4n) is 3.35. The number of hydrogen-bond acceptors (Lipinski definition) is 3. The molecule has 7 heteroatoms. The molecule has 1 atom stereocenters. The molecule has 2 aromatic rings. The Labute approximate surface area is 190 Å². The standard InChI is InChI=1S/C21H31ClN4O.HI/c1-14(19-15(2)26-27-16(19)3)12-24-20(23-6)25-13-21(4,5)11-17-8-7-9-18(22)10-17;/h7-10,14H,11-13H2,1-6H3,(H2,23,24,25);1H. The van der Waals surface area contributed by atoms with Gasteiger partial charge in [-0.3, -0.25) is 4.99 Å². The molecule has 0 radical (unpaired) electrons. The Morgan fingerprint density at radius 2 is 2.00 bits per heavy atom. The van der Waals surface area contributed by atoms with Gasteiger partial charge in [-0.1, -0.05) is 49.7 Å². The number of aromatic nitrogens is 1. The first-order valence-corrected chi connectivity index (χ1v) is 9.71. The molecule has 1 heterocycles. The highest BCUT2D eigenvalue weighted by molar-refractivity contribution is 14.0. The molecular weight excluding hydrogens is 487 g/mol. The number of aryl methyl sites for hydroxylation is 2. The van der Waals surface area contributed by atoms with Crippen molar-refractivity contribution in [2.75, 3.05) is 20.1 Å². The first kappa shape index (κ1) is 24.8. The molecule has 0 spiro atoms. The highest BCUT2D eigenvalue weighted by Crippen LogP contribution is 2.23. The quantitative estimate of drug-likeness (QED) is 0.304. The summed E-state index contributed by atoms with van der Waals surface area (Å²) in [6, 6.07) is 8.05. The first-order chi connectivity index (χ1) is 12.7. The minimum Gasteiger partial charge on any atom is -0.361 e. The van der Waals surface area contributed by atoms with Crippen LogP contribution in [-0.4, -0.2) is 31.3 Å². The molecule has 28 heavy (non-hydrogen) atoms. The molecule has 0 amide bonds. The molecule has 0 saturated carbocycles. The lowest BCUT2D eigenvalue weighted by molar-refractivity contribution is 0.359. The predicted octanol–water partition coefficient (Wildman–Crippen LogP) is 5.10. The topological polar surface area (TPSA) is 62.5 Å². The normalized spacial score (nSPS) is 13.0. The van der Waals surface area contributed by atoms with Gasteiger partial charge in [0.1, 0.15) is 5.76 Å². The average Bonchev–Trinajstić information content (AvgIpc) is 2.93. The van der Waals surface area contributed by atoms with Gasteiger partial charge in [0, 0.05) is 36.6 Å². The van der Waals surface area contributed by atoms with Crippen LogP contribution < -0.4 is 10.6 Å². The summed E-state index contributed by atoms with van der Waals surface area (Å²) in [4.78, 5) is 4.34. The third-order valence-electron chi connectivity index (χ3n) is 4.69. The molecule has 5 nitrogen and oxygen atoms in total. The number of nitrogens with zero attached hydrogens (tertiary/aromatic N) is 2. The molecule has 2 N–H and O–H groups in total. The Hall–Kier alpha value is -1.28. The number of nitrogens with one attached hydrogen (secondary N) is 2. The van der Waals surface area contributed by atoms with Crippen molar-refractivity contribution in [1.82, 2.24) is 15.8 Å². The summed E-state index contributed by atoms with van der Waals surface area (Å²) in [5, 5.41) is 11.7. The molecule has 1 aromatic carbocycles. The number of guanidine groups is 1. The van der Waals surface area contributed by atoms with Crippen molar-refractivity contribution in [2.24, 2.45) is 10.4 Å². The van der Waals surface area contributed by atoms with Crippen molar-refractivity contribution in [2.45, 2.75) is 47.0 Å². The van der Waals surface area contributed by atoms with E-state index in [1.54, 1.807) is 7.05 Å². The summed E-state index contributed by atoms with van der Waals surface area (Å²) in [6.07, 6.45) is 0.938. The molecule has 156 valence electrons. The van der Waals surface area contributed by atoms with Crippen LogP contribution in [0, 0.1) is 19.3 Å². The minimum atomic E-state index is 0. The van der Waals surface area contributed by atoms with Gasteiger partial charge in [-0.05, 0) is 43.4 Å². The highest BCUT2D eigenvalue weighted by Gasteiger charge is 2.20. The van der Waals surface area contributed by atoms with Gasteiger partial charge in [0.2, 0.25) is 0 Å². The third kappa shape index (κ3) is 7.28.